The summed E-state index contributed by atoms with van der Waals surface area (Å²) in [7, 11) is 0. The van der Waals surface area contributed by atoms with Crippen LogP contribution in [0.25, 0.3) is 0 Å². The minimum absolute atomic E-state index is 0.0827. The second-order valence-corrected chi connectivity index (χ2v) is 5.45. The number of nitrogens with zero attached hydrogens (tertiary/aromatic N) is 3. The van der Waals surface area contributed by atoms with E-state index in [1.54, 1.807) is 0 Å². The smallest absolute Gasteiger partial charge is 0.434 e. The molecule has 0 unspecified atom stereocenters. The van der Waals surface area contributed by atoms with Gasteiger partial charge in [0.2, 0.25) is 5.88 Å². The molecular weight excluding hydrogens is 319 g/mol. The number of likely N-dealkylation sites (N-methyl/N-ethyl adjacent to an activating group) is 1. The van der Waals surface area contributed by atoms with Crippen LogP contribution in [0.1, 0.15) is 25.1 Å². The van der Waals surface area contributed by atoms with Gasteiger partial charge in [-0.1, -0.05) is 37.3 Å². The van der Waals surface area contributed by atoms with Crippen molar-refractivity contribution in [2.75, 3.05) is 13.2 Å². The monoisotopic (exact) mass is 339 g/mol. The second-order valence-electron chi connectivity index (χ2n) is 5.45. The molecule has 1 aromatic carbocycles. The maximum absolute atomic E-state index is 12.4. The average molecular weight is 339 g/mol. The van der Waals surface area contributed by atoms with Crippen molar-refractivity contribution in [2.24, 2.45) is 0 Å². The predicted octanol–water partition coefficient (Wildman–Crippen LogP) is 3.78. The highest BCUT2D eigenvalue weighted by Gasteiger charge is 2.32. The minimum Gasteiger partial charge on any atom is -0.475 e. The number of aromatic nitrogens is 2. The van der Waals surface area contributed by atoms with Crippen LogP contribution >= 0.6 is 0 Å². The van der Waals surface area contributed by atoms with Gasteiger partial charge in [0.15, 0.2) is 5.69 Å². The van der Waals surface area contributed by atoms with E-state index in [0.717, 1.165) is 19.3 Å². The number of ether oxygens (including phenoxy) is 1. The van der Waals surface area contributed by atoms with Crippen LogP contribution in [-0.4, -0.2) is 34.1 Å². The van der Waals surface area contributed by atoms with Crippen LogP contribution in [-0.2, 0) is 12.7 Å². The normalized spacial score (nSPS) is 13.1. The lowest BCUT2D eigenvalue weighted by atomic mass is 10.2. The zero-order valence-electron chi connectivity index (χ0n) is 13.6. The fourth-order valence-corrected chi connectivity index (χ4v) is 2.25. The molecule has 0 fully saturated rings. The summed E-state index contributed by atoms with van der Waals surface area (Å²) in [5.74, 6) is 0.0885. The van der Waals surface area contributed by atoms with Crippen LogP contribution < -0.4 is 4.74 Å². The Morgan fingerprint density at radius 3 is 2.38 bits per heavy atom. The van der Waals surface area contributed by atoms with Crippen molar-refractivity contribution in [1.82, 2.24) is 14.9 Å². The van der Waals surface area contributed by atoms with Gasteiger partial charge in [-0.05, 0) is 19.0 Å². The zero-order chi connectivity index (χ0) is 17.6. The van der Waals surface area contributed by atoms with Crippen molar-refractivity contribution in [3.63, 3.8) is 0 Å². The SMILES string of the molecule is CCN(Cc1ccccc1)[C@@H](C)COc1cnc(C(F)(F)F)cn1. The lowest BCUT2D eigenvalue weighted by molar-refractivity contribution is -0.141. The van der Waals surface area contributed by atoms with Gasteiger partial charge in [-0.25, -0.2) is 9.97 Å². The molecule has 1 atom stereocenters. The first-order valence-corrected chi connectivity index (χ1v) is 7.70. The maximum atomic E-state index is 12.4. The molecule has 0 aliphatic rings. The van der Waals surface area contributed by atoms with Crippen LogP contribution in [0.3, 0.4) is 0 Å². The van der Waals surface area contributed by atoms with Crippen LogP contribution in [0.15, 0.2) is 42.7 Å². The van der Waals surface area contributed by atoms with Crippen molar-refractivity contribution in [3.05, 3.63) is 54.0 Å². The van der Waals surface area contributed by atoms with E-state index in [2.05, 4.69) is 33.9 Å². The molecule has 0 bridgehead atoms. The highest BCUT2D eigenvalue weighted by Crippen LogP contribution is 2.27. The summed E-state index contributed by atoms with van der Waals surface area (Å²) in [5.41, 5.74) is 0.169. The summed E-state index contributed by atoms with van der Waals surface area (Å²) in [5, 5.41) is 0. The van der Waals surface area contributed by atoms with Crippen molar-refractivity contribution in [1.29, 1.82) is 0 Å². The Kier molecular flexibility index (Phi) is 6.14. The van der Waals surface area contributed by atoms with Gasteiger partial charge in [-0.15, -0.1) is 0 Å². The van der Waals surface area contributed by atoms with Crippen LogP contribution in [0.4, 0.5) is 13.2 Å². The summed E-state index contributed by atoms with van der Waals surface area (Å²) in [6, 6.07) is 10.1. The second kappa shape index (κ2) is 8.10. The molecule has 2 rings (SSSR count). The number of rotatable bonds is 7. The Morgan fingerprint density at radius 1 is 1.12 bits per heavy atom. The Morgan fingerprint density at radius 2 is 1.83 bits per heavy atom. The van der Waals surface area contributed by atoms with Gasteiger partial charge >= 0.3 is 6.18 Å². The summed E-state index contributed by atoms with van der Waals surface area (Å²) >= 11 is 0. The van der Waals surface area contributed by atoms with Crippen molar-refractivity contribution in [3.8, 4) is 5.88 Å². The molecule has 0 aliphatic heterocycles. The third kappa shape index (κ3) is 5.19. The van der Waals surface area contributed by atoms with Gasteiger partial charge in [0, 0.05) is 12.6 Å². The van der Waals surface area contributed by atoms with Crippen LogP contribution in [0.5, 0.6) is 5.88 Å². The van der Waals surface area contributed by atoms with E-state index in [0.29, 0.717) is 12.8 Å². The summed E-state index contributed by atoms with van der Waals surface area (Å²) < 4.78 is 42.8. The topological polar surface area (TPSA) is 38.2 Å². The third-order valence-corrected chi connectivity index (χ3v) is 3.65. The van der Waals surface area contributed by atoms with Crippen LogP contribution in [0.2, 0.25) is 0 Å². The largest absolute Gasteiger partial charge is 0.475 e. The van der Waals surface area contributed by atoms with Gasteiger partial charge in [-0.2, -0.15) is 13.2 Å². The van der Waals surface area contributed by atoms with Crippen molar-refractivity contribution < 1.29 is 17.9 Å². The Hall–Kier alpha value is -2.15. The molecule has 7 heteroatoms. The standard InChI is InChI=1S/C17H20F3N3O/c1-3-23(11-14-7-5-4-6-8-14)13(2)12-24-16-10-21-15(9-22-16)17(18,19)20/h4-10,13H,3,11-12H2,1-2H3/t13-/m0/s1. The molecule has 1 aromatic heterocycles. The molecule has 0 spiro atoms. The molecule has 0 N–H and O–H groups in total. The summed E-state index contributed by atoms with van der Waals surface area (Å²) in [6.07, 6.45) is -2.81. The summed E-state index contributed by atoms with van der Waals surface area (Å²) in [4.78, 5) is 9.21. The van der Waals surface area contributed by atoms with E-state index < -0.39 is 11.9 Å². The van der Waals surface area contributed by atoms with E-state index >= 15 is 0 Å². The lowest BCUT2D eigenvalue weighted by Crippen LogP contribution is -2.36. The first kappa shape index (κ1) is 18.2. The molecule has 24 heavy (non-hydrogen) atoms. The van der Waals surface area contributed by atoms with Gasteiger partial charge < -0.3 is 4.74 Å². The van der Waals surface area contributed by atoms with Gasteiger partial charge in [-0.3, -0.25) is 4.90 Å². The molecule has 2 aromatic rings. The first-order chi connectivity index (χ1) is 11.4. The molecule has 0 radical (unpaired) electrons. The quantitative estimate of drug-likeness (QED) is 0.769. The maximum Gasteiger partial charge on any atom is 0.434 e. The molecule has 130 valence electrons. The third-order valence-electron chi connectivity index (χ3n) is 3.65. The van der Waals surface area contributed by atoms with E-state index in [4.69, 9.17) is 4.74 Å². The predicted molar refractivity (Wildman–Crippen MR) is 84.5 cm³/mol. The molecular formula is C17H20F3N3O. The molecule has 0 saturated carbocycles. The average Bonchev–Trinajstić information content (AvgIpc) is 2.58. The first-order valence-electron chi connectivity index (χ1n) is 7.70. The van der Waals surface area contributed by atoms with Gasteiger partial charge in [0.25, 0.3) is 0 Å². The minimum atomic E-state index is -4.49. The van der Waals surface area contributed by atoms with E-state index in [1.165, 1.54) is 5.56 Å². The Balaban J connectivity index is 1.90. The highest BCUT2D eigenvalue weighted by molar-refractivity contribution is 5.14. The van der Waals surface area contributed by atoms with Gasteiger partial charge in [0.05, 0.1) is 12.4 Å². The molecule has 4 nitrogen and oxygen atoms in total. The molecule has 0 amide bonds. The summed E-state index contributed by atoms with van der Waals surface area (Å²) in [6.45, 7) is 5.99. The molecule has 0 aliphatic carbocycles. The number of benzene rings is 1. The fraction of sp³-hybridized carbons (Fsp3) is 0.412. The Bertz CT molecular complexity index is 617. The zero-order valence-corrected chi connectivity index (χ0v) is 13.6. The lowest BCUT2D eigenvalue weighted by Gasteiger charge is -2.27. The number of hydrogen-bond acceptors (Lipinski definition) is 4. The number of halogens is 3. The molecule has 1 heterocycles. The van der Waals surface area contributed by atoms with Gasteiger partial charge in [0.1, 0.15) is 6.61 Å². The van der Waals surface area contributed by atoms with Crippen molar-refractivity contribution >= 4 is 0 Å². The number of hydrogen-bond donors (Lipinski definition) is 0. The van der Waals surface area contributed by atoms with Crippen LogP contribution in [0, 0.1) is 0 Å². The van der Waals surface area contributed by atoms with Crippen molar-refractivity contribution in [2.45, 2.75) is 32.6 Å². The van der Waals surface area contributed by atoms with E-state index in [-0.39, 0.29) is 11.9 Å². The highest BCUT2D eigenvalue weighted by atomic mass is 19.4. The van der Waals surface area contributed by atoms with E-state index in [1.807, 2.05) is 25.1 Å². The Labute approximate surface area is 139 Å². The number of alkyl halides is 3. The molecule has 0 saturated heterocycles. The van der Waals surface area contributed by atoms with E-state index in [9.17, 15) is 13.2 Å². The fourth-order valence-electron chi connectivity index (χ4n) is 2.25.